The summed E-state index contributed by atoms with van der Waals surface area (Å²) in [6.07, 6.45) is 17.2. The van der Waals surface area contributed by atoms with Crippen molar-refractivity contribution < 1.29 is 0 Å². The van der Waals surface area contributed by atoms with Crippen LogP contribution in [0.25, 0.3) is 82.7 Å². The normalized spacial score (nSPS) is 17.2. The van der Waals surface area contributed by atoms with Crippen LogP contribution in [0.3, 0.4) is 0 Å². The second-order valence-electron chi connectivity index (χ2n) is 16.0. The fourth-order valence-electron chi connectivity index (χ4n) is 9.75. The Bertz CT molecular complexity index is 3310. The number of hydrogen-bond donors (Lipinski definition) is 0. The van der Waals surface area contributed by atoms with Gasteiger partial charge in [-0.1, -0.05) is 158 Å². The summed E-state index contributed by atoms with van der Waals surface area (Å²) in [5.41, 5.74) is 12.8. The lowest BCUT2D eigenvalue weighted by atomic mass is 9.84. The molecule has 0 N–H and O–H groups in total. The Kier molecular flexibility index (Phi) is 8.09. The second kappa shape index (κ2) is 14.1. The molecule has 0 saturated carbocycles. The van der Waals surface area contributed by atoms with Crippen molar-refractivity contribution in [2.45, 2.75) is 25.0 Å². The molecular formula is C56H40N4. The van der Waals surface area contributed by atoms with E-state index in [1.165, 1.54) is 71.5 Å². The number of hydrogen-bond acceptors (Lipinski definition) is 3. The SMILES string of the molecule is C1=CCCC(n2c(-c3ccc(-c4c5ccccc5c(-c5ccc(C6N=C7C=CC=CC7N6c6ccccc6)cc5)c5cc6ccccc6cc45)cc3)nc3ccccc32)=C1. The van der Waals surface area contributed by atoms with E-state index in [0.717, 1.165) is 41.0 Å². The van der Waals surface area contributed by atoms with Crippen LogP contribution in [-0.2, 0) is 0 Å². The zero-order valence-electron chi connectivity index (χ0n) is 33.0. The third-order valence-corrected chi connectivity index (χ3v) is 12.5. The predicted octanol–water partition coefficient (Wildman–Crippen LogP) is 14.1. The van der Waals surface area contributed by atoms with Gasteiger partial charge in [-0.25, -0.2) is 4.98 Å². The molecule has 2 aliphatic carbocycles. The predicted molar refractivity (Wildman–Crippen MR) is 252 cm³/mol. The molecular weight excluding hydrogens is 729 g/mol. The Morgan fingerprint density at radius 1 is 0.550 bits per heavy atom. The molecule has 3 aliphatic rings. The lowest BCUT2D eigenvalue weighted by Gasteiger charge is -2.31. The van der Waals surface area contributed by atoms with Gasteiger partial charge in [0.1, 0.15) is 12.0 Å². The topological polar surface area (TPSA) is 33.4 Å². The van der Waals surface area contributed by atoms with Crippen molar-refractivity contribution in [1.82, 2.24) is 9.55 Å². The minimum Gasteiger partial charge on any atom is -0.334 e. The third-order valence-electron chi connectivity index (χ3n) is 12.5. The quantitative estimate of drug-likeness (QED) is 0.158. The van der Waals surface area contributed by atoms with Gasteiger partial charge in [-0.2, -0.15) is 0 Å². The van der Waals surface area contributed by atoms with Crippen molar-refractivity contribution in [3.8, 4) is 33.6 Å². The zero-order chi connectivity index (χ0) is 39.6. The summed E-state index contributed by atoms with van der Waals surface area (Å²) in [7, 11) is 0. The average molecular weight is 769 g/mol. The van der Waals surface area contributed by atoms with E-state index in [2.05, 4.69) is 216 Å². The number of rotatable bonds is 6. The number of fused-ring (bicyclic) bond motifs is 5. The molecule has 284 valence electrons. The first-order valence-electron chi connectivity index (χ1n) is 20.9. The molecule has 2 atom stereocenters. The number of nitrogens with zero attached hydrogens (tertiary/aromatic N) is 4. The molecule has 4 nitrogen and oxygen atoms in total. The fourth-order valence-corrected chi connectivity index (χ4v) is 9.75. The molecule has 0 fully saturated rings. The summed E-state index contributed by atoms with van der Waals surface area (Å²) >= 11 is 0. The lowest BCUT2D eigenvalue weighted by Crippen LogP contribution is -2.35. The Balaban J connectivity index is 1.01. The summed E-state index contributed by atoms with van der Waals surface area (Å²) in [4.78, 5) is 12.9. The van der Waals surface area contributed by atoms with E-state index in [1.807, 2.05) is 0 Å². The number of benzene rings is 8. The Hall–Kier alpha value is -7.56. The van der Waals surface area contributed by atoms with Gasteiger partial charge >= 0.3 is 0 Å². The highest BCUT2D eigenvalue weighted by Gasteiger charge is 2.35. The van der Waals surface area contributed by atoms with E-state index in [9.17, 15) is 0 Å². The summed E-state index contributed by atoms with van der Waals surface area (Å²) in [6, 6.07) is 60.0. The third kappa shape index (κ3) is 5.60. The van der Waals surface area contributed by atoms with Gasteiger partial charge in [0.25, 0.3) is 0 Å². The molecule has 0 radical (unpaired) electrons. The Morgan fingerprint density at radius 3 is 1.88 bits per heavy atom. The number of anilines is 1. The summed E-state index contributed by atoms with van der Waals surface area (Å²) in [5.74, 6) is 0.978. The van der Waals surface area contributed by atoms with Crippen LogP contribution in [-0.4, -0.2) is 21.3 Å². The summed E-state index contributed by atoms with van der Waals surface area (Å²) < 4.78 is 2.35. The fraction of sp³-hybridized carbons (Fsp3) is 0.0714. The van der Waals surface area contributed by atoms with Crippen LogP contribution in [0.1, 0.15) is 24.6 Å². The van der Waals surface area contributed by atoms with Gasteiger partial charge in [0.05, 0.1) is 22.8 Å². The van der Waals surface area contributed by atoms with E-state index in [0.29, 0.717) is 0 Å². The van der Waals surface area contributed by atoms with Crippen LogP contribution in [0, 0.1) is 0 Å². The maximum Gasteiger partial charge on any atom is 0.148 e. The zero-order valence-corrected chi connectivity index (χ0v) is 33.0. The second-order valence-corrected chi connectivity index (χ2v) is 16.0. The van der Waals surface area contributed by atoms with E-state index < -0.39 is 0 Å². The monoisotopic (exact) mass is 768 g/mol. The summed E-state index contributed by atoms with van der Waals surface area (Å²) in [6.45, 7) is 0. The van der Waals surface area contributed by atoms with Crippen LogP contribution in [0.4, 0.5) is 5.69 Å². The van der Waals surface area contributed by atoms with Crippen molar-refractivity contribution in [3.05, 3.63) is 212 Å². The Morgan fingerprint density at radius 2 is 1.18 bits per heavy atom. The van der Waals surface area contributed by atoms with Gasteiger partial charge in [-0.3, -0.25) is 9.56 Å². The van der Waals surface area contributed by atoms with Crippen LogP contribution in [0.15, 0.2) is 211 Å². The highest BCUT2D eigenvalue weighted by molar-refractivity contribution is 6.23. The molecule has 0 saturated heterocycles. The molecule has 0 spiro atoms. The van der Waals surface area contributed by atoms with Crippen LogP contribution >= 0.6 is 0 Å². The standard InChI is InChI=1S/C56H40N4/c1-3-17-43(18-4-1)59-51-25-13-11-23-49(51)57-55(59)39-31-27-37(28-32-39)53-45-21-9-10-22-46(45)54(48-36-42-16-8-7-15-41(42)35-47(48)53)38-29-33-40(34-30-38)56-58-50-24-12-14-26-52(50)60(56)44-19-5-2-6-20-44/h1-5,7-19,21-36,51,55H,6,20H2. The van der Waals surface area contributed by atoms with E-state index in [-0.39, 0.29) is 12.2 Å². The molecule has 4 heteroatoms. The molecule has 0 bridgehead atoms. The first kappa shape index (κ1) is 34.5. The number of imidazole rings is 1. The molecule has 1 aliphatic heterocycles. The van der Waals surface area contributed by atoms with Crippen LogP contribution in [0.5, 0.6) is 0 Å². The van der Waals surface area contributed by atoms with Gasteiger partial charge in [-0.05, 0) is 122 Å². The number of para-hydroxylation sites is 3. The van der Waals surface area contributed by atoms with Crippen molar-refractivity contribution in [1.29, 1.82) is 0 Å². The van der Waals surface area contributed by atoms with Gasteiger partial charge in [0, 0.05) is 16.9 Å². The van der Waals surface area contributed by atoms with Crippen molar-refractivity contribution in [2.24, 2.45) is 4.99 Å². The number of aromatic nitrogens is 2. The highest BCUT2D eigenvalue weighted by atomic mass is 15.3. The lowest BCUT2D eigenvalue weighted by molar-refractivity contribution is 0.696. The molecule has 60 heavy (non-hydrogen) atoms. The van der Waals surface area contributed by atoms with E-state index in [4.69, 9.17) is 9.98 Å². The molecule has 1 aromatic heterocycles. The van der Waals surface area contributed by atoms with Gasteiger partial charge in [0.15, 0.2) is 0 Å². The molecule has 0 amide bonds. The van der Waals surface area contributed by atoms with E-state index in [1.54, 1.807) is 0 Å². The van der Waals surface area contributed by atoms with Gasteiger partial charge in [0.2, 0.25) is 0 Å². The smallest absolute Gasteiger partial charge is 0.148 e. The molecule has 9 aromatic rings. The largest absolute Gasteiger partial charge is 0.334 e. The van der Waals surface area contributed by atoms with Crippen LogP contribution in [0.2, 0.25) is 0 Å². The first-order chi connectivity index (χ1) is 29.8. The van der Waals surface area contributed by atoms with E-state index >= 15 is 0 Å². The van der Waals surface area contributed by atoms with Gasteiger partial charge in [-0.15, -0.1) is 0 Å². The van der Waals surface area contributed by atoms with Crippen molar-refractivity contribution >= 4 is 60.4 Å². The summed E-state index contributed by atoms with van der Waals surface area (Å²) in [5, 5.41) is 7.42. The maximum absolute atomic E-state index is 5.28. The number of aliphatic imine (C=N–C) groups is 1. The number of allylic oxidation sites excluding steroid dienone is 6. The van der Waals surface area contributed by atoms with Gasteiger partial charge < -0.3 is 4.90 Å². The molecule has 2 heterocycles. The Labute approximate surface area is 349 Å². The highest BCUT2D eigenvalue weighted by Crippen LogP contribution is 2.46. The average Bonchev–Trinajstić information content (AvgIpc) is 3.91. The molecule has 2 unspecified atom stereocenters. The van der Waals surface area contributed by atoms with Crippen molar-refractivity contribution in [3.63, 3.8) is 0 Å². The maximum atomic E-state index is 5.28. The molecule has 12 rings (SSSR count). The minimum atomic E-state index is -0.121. The minimum absolute atomic E-state index is 0.109. The molecule has 8 aromatic carbocycles. The van der Waals surface area contributed by atoms with Crippen LogP contribution < -0.4 is 4.90 Å². The van der Waals surface area contributed by atoms with Crippen molar-refractivity contribution in [2.75, 3.05) is 4.90 Å². The first-order valence-corrected chi connectivity index (χ1v) is 20.9.